The maximum absolute atomic E-state index is 11.5. The van der Waals surface area contributed by atoms with Crippen LogP contribution in [0.1, 0.15) is 10.4 Å². The maximum atomic E-state index is 11.5. The standard InChI is InChI=1S/C10H6BrClO4/c11-7-3-5(12)1-2-6(7)8(13)4-9(14)10(15)16/h1-4,14H,(H,15,16). The highest BCUT2D eigenvalue weighted by atomic mass is 79.9. The van der Waals surface area contributed by atoms with E-state index >= 15 is 0 Å². The Bertz CT molecular complexity index is 482. The lowest BCUT2D eigenvalue weighted by molar-refractivity contribution is -0.135. The second-order valence-corrected chi connectivity index (χ2v) is 4.11. The fraction of sp³-hybridized carbons (Fsp3) is 0. The number of rotatable bonds is 3. The van der Waals surface area contributed by atoms with E-state index in [0.29, 0.717) is 15.6 Å². The minimum absolute atomic E-state index is 0.220. The zero-order chi connectivity index (χ0) is 12.3. The minimum Gasteiger partial charge on any atom is -0.502 e. The van der Waals surface area contributed by atoms with Gasteiger partial charge in [0.15, 0.2) is 5.78 Å². The Balaban J connectivity index is 3.07. The zero-order valence-corrected chi connectivity index (χ0v) is 10.1. The Morgan fingerprint density at radius 1 is 1.31 bits per heavy atom. The quantitative estimate of drug-likeness (QED) is 0.511. The molecule has 0 aliphatic carbocycles. The third kappa shape index (κ3) is 3.08. The van der Waals surface area contributed by atoms with Crippen LogP contribution in [0.2, 0.25) is 5.02 Å². The van der Waals surface area contributed by atoms with Crippen molar-refractivity contribution in [2.24, 2.45) is 0 Å². The number of hydrogen-bond acceptors (Lipinski definition) is 3. The molecule has 0 aromatic heterocycles. The molecule has 0 fully saturated rings. The third-order valence-corrected chi connectivity index (χ3v) is 2.57. The number of carbonyl (C=O) groups is 2. The van der Waals surface area contributed by atoms with Crippen LogP contribution in [-0.2, 0) is 4.79 Å². The Labute approximate surface area is 104 Å². The summed E-state index contributed by atoms with van der Waals surface area (Å²) in [7, 11) is 0. The maximum Gasteiger partial charge on any atom is 0.371 e. The van der Waals surface area contributed by atoms with Crippen molar-refractivity contribution >= 4 is 39.3 Å². The van der Waals surface area contributed by atoms with E-state index in [2.05, 4.69) is 15.9 Å². The van der Waals surface area contributed by atoms with Crippen LogP contribution >= 0.6 is 27.5 Å². The summed E-state index contributed by atoms with van der Waals surface area (Å²) < 4.78 is 0.430. The van der Waals surface area contributed by atoms with Crippen LogP contribution < -0.4 is 0 Å². The Morgan fingerprint density at radius 2 is 1.94 bits per heavy atom. The van der Waals surface area contributed by atoms with Gasteiger partial charge in [0.2, 0.25) is 5.76 Å². The largest absolute Gasteiger partial charge is 0.502 e. The van der Waals surface area contributed by atoms with Crippen LogP contribution in [0.4, 0.5) is 0 Å². The van der Waals surface area contributed by atoms with E-state index < -0.39 is 17.5 Å². The number of ketones is 1. The molecule has 1 aromatic carbocycles. The van der Waals surface area contributed by atoms with Crippen molar-refractivity contribution in [3.8, 4) is 0 Å². The fourth-order valence-electron chi connectivity index (χ4n) is 0.953. The number of aliphatic carboxylic acids is 1. The molecular weight excluding hydrogens is 299 g/mol. The van der Waals surface area contributed by atoms with E-state index in [-0.39, 0.29) is 5.56 Å². The second kappa shape index (κ2) is 5.14. The Hall–Kier alpha value is -1.33. The Kier molecular flexibility index (Phi) is 4.09. The van der Waals surface area contributed by atoms with Crippen LogP contribution in [0, 0.1) is 0 Å². The van der Waals surface area contributed by atoms with Crippen LogP contribution in [0.25, 0.3) is 0 Å². The number of aliphatic hydroxyl groups is 1. The summed E-state index contributed by atoms with van der Waals surface area (Å²) in [6.45, 7) is 0. The zero-order valence-electron chi connectivity index (χ0n) is 7.78. The number of carbonyl (C=O) groups excluding carboxylic acids is 1. The SMILES string of the molecule is O=C(O)C(O)=CC(=O)c1ccc(Cl)cc1Br. The molecule has 0 spiro atoms. The lowest BCUT2D eigenvalue weighted by Gasteiger charge is -2.00. The molecule has 0 amide bonds. The van der Waals surface area contributed by atoms with Gasteiger partial charge in [0.1, 0.15) is 0 Å². The van der Waals surface area contributed by atoms with Gasteiger partial charge in [0.05, 0.1) is 0 Å². The van der Waals surface area contributed by atoms with Crippen LogP contribution in [-0.4, -0.2) is 22.0 Å². The molecule has 1 rings (SSSR count). The summed E-state index contributed by atoms with van der Waals surface area (Å²) in [5.41, 5.74) is 0.220. The first-order chi connectivity index (χ1) is 7.41. The van der Waals surface area contributed by atoms with Gasteiger partial charge in [-0.3, -0.25) is 4.79 Å². The summed E-state index contributed by atoms with van der Waals surface area (Å²) >= 11 is 8.79. The number of carboxylic acid groups (broad SMARTS) is 1. The van der Waals surface area contributed by atoms with Crippen molar-refractivity contribution in [3.05, 3.63) is 45.1 Å². The van der Waals surface area contributed by atoms with Crippen molar-refractivity contribution in [1.82, 2.24) is 0 Å². The normalized spacial score (nSPS) is 11.2. The lowest BCUT2D eigenvalue weighted by atomic mass is 10.1. The first kappa shape index (κ1) is 12.7. The van der Waals surface area contributed by atoms with Crippen molar-refractivity contribution in [1.29, 1.82) is 0 Å². The minimum atomic E-state index is -1.56. The van der Waals surface area contributed by atoms with Gasteiger partial charge in [0.25, 0.3) is 0 Å². The van der Waals surface area contributed by atoms with Gasteiger partial charge in [-0.2, -0.15) is 0 Å². The molecule has 16 heavy (non-hydrogen) atoms. The van der Waals surface area contributed by atoms with E-state index in [1.54, 1.807) is 0 Å². The molecule has 0 unspecified atom stereocenters. The monoisotopic (exact) mass is 304 g/mol. The van der Waals surface area contributed by atoms with E-state index in [1.807, 2.05) is 0 Å². The highest BCUT2D eigenvalue weighted by molar-refractivity contribution is 9.10. The van der Waals surface area contributed by atoms with E-state index in [0.717, 1.165) is 0 Å². The van der Waals surface area contributed by atoms with Crippen molar-refractivity contribution in [2.75, 3.05) is 0 Å². The average Bonchev–Trinajstić information content (AvgIpc) is 2.16. The number of hydrogen-bond donors (Lipinski definition) is 2. The van der Waals surface area contributed by atoms with Gasteiger partial charge in [-0.25, -0.2) is 4.79 Å². The summed E-state index contributed by atoms with van der Waals surface area (Å²) in [4.78, 5) is 21.8. The smallest absolute Gasteiger partial charge is 0.371 e. The summed E-state index contributed by atoms with van der Waals surface area (Å²) in [5.74, 6) is -3.19. The number of allylic oxidation sites excluding steroid dienone is 1. The van der Waals surface area contributed by atoms with E-state index in [1.165, 1.54) is 18.2 Å². The van der Waals surface area contributed by atoms with Crippen molar-refractivity contribution < 1.29 is 19.8 Å². The molecule has 0 saturated heterocycles. The highest BCUT2D eigenvalue weighted by Gasteiger charge is 2.12. The molecule has 0 heterocycles. The summed E-state index contributed by atoms with van der Waals surface area (Å²) in [5, 5.41) is 17.7. The summed E-state index contributed by atoms with van der Waals surface area (Å²) in [6, 6.07) is 4.42. The predicted molar refractivity (Wildman–Crippen MR) is 61.8 cm³/mol. The molecule has 2 N–H and O–H groups in total. The van der Waals surface area contributed by atoms with Gasteiger partial charge in [0, 0.05) is 21.1 Å². The molecule has 1 aromatic rings. The molecular formula is C10H6BrClO4. The van der Waals surface area contributed by atoms with Gasteiger partial charge in [-0.1, -0.05) is 11.6 Å². The molecule has 4 nitrogen and oxygen atoms in total. The molecule has 0 saturated carbocycles. The third-order valence-electron chi connectivity index (χ3n) is 1.68. The lowest BCUT2D eigenvalue weighted by Crippen LogP contribution is -2.04. The number of carboxylic acids is 1. The predicted octanol–water partition coefficient (Wildman–Crippen LogP) is 2.81. The number of aliphatic hydroxyl groups excluding tert-OH is 1. The molecule has 6 heteroatoms. The van der Waals surface area contributed by atoms with Crippen molar-refractivity contribution in [2.45, 2.75) is 0 Å². The van der Waals surface area contributed by atoms with Crippen molar-refractivity contribution in [3.63, 3.8) is 0 Å². The van der Waals surface area contributed by atoms with E-state index in [9.17, 15) is 9.59 Å². The second-order valence-electron chi connectivity index (χ2n) is 2.82. The molecule has 0 radical (unpaired) electrons. The highest BCUT2D eigenvalue weighted by Crippen LogP contribution is 2.22. The van der Waals surface area contributed by atoms with E-state index in [4.69, 9.17) is 21.8 Å². The fourth-order valence-corrected chi connectivity index (χ4v) is 1.83. The first-order valence-corrected chi connectivity index (χ1v) is 5.22. The molecule has 0 atom stereocenters. The Morgan fingerprint density at radius 3 is 2.44 bits per heavy atom. The van der Waals surface area contributed by atoms with Crippen LogP contribution in [0.5, 0.6) is 0 Å². The van der Waals surface area contributed by atoms with Crippen LogP contribution in [0.15, 0.2) is 34.5 Å². The van der Waals surface area contributed by atoms with Gasteiger partial charge >= 0.3 is 5.97 Å². The summed E-state index contributed by atoms with van der Waals surface area (Å²) in [6.07, 6.45) is 0.635. The topological polar surface area (TPSA) is 74.6 Å². The first-order valence-electron chi connectivity index (χ1n) is 4.05. The number of benzene rings is 1. The molecule has 84 valence electrons. The number of halogens is 2. The molecule has 0 bridgehead atoms. The average molecular weight is 306 g/mol. The van der Waals surface area contributed by atoms with Gasteiger partial charge in [-0.15, -0.1) is 0 Å². The molecule has 0 aliphatic rings. The van der Waals surface area contributed by atoms with Gasteiger partial charge in [-0.05, 0) is 34.1 Å². The van der Waals surface area contributed by atoms with Gasteiger partial charge < -0.3 is 10.2 Å². The molecule has 0 aliphatic heterocycles. The van der Waals surface area contributed by atoms with Crippen LogP contribution in [0.3, 0.4) is 0 Å².